The molecule has 2 amide bonds. The van der Waals surface area contributed by atoms with Crippen molar-refractivity contribution in [1.82, 2.24) is 10.6 Å². The number of hydrogen-bond donors (Lipinski definition) is 3. The Morgan fingerprint density at radius 2 is 1.73 bits per heavy atom. The normalized spacial score (nSPS) is 10.4. The van der Waals surface area contributed by atoms with E-state index in [1.54, 1.807) is 31.4 Å². The molecule has 0 heterocycles. The second kappa shape index (κ2) is 10.3. The number of amides is 2. The molecule has 0 bridgehead atoms. The van der Waals surface area contributed by atoms with Crippen molar-refractivity contribution in [3.63, 3.8) is 0 Å². The molecule has 26 heavy (non-hydrogen) atoms. The molecule has 0 aliphatic carbocycles. The van der Waals surface area contributed by atoms with Gasteiger partial charge in [-0.2, -0.15) is 0 Å². The number of rotatable bonds is 9. The van der Waals surface area contributed by atoms with Gasteiger partial charge in [0.2, 0.25) is 0 Å². The molecule has 138 valence electrons. The molecule has 0 atom stereocenters. The second-order valence-corrected chi connectivity index (χ2v) is 5.54. The summed E-state index contributed by atoms with van der Waals surface area (Å²) in [5, 5.41) is 8.62. The number of halogens is 1. The largest absolute Gasteiger partial charge is 0.383 e. The Balaban J connectivity index is 1.87. The SMILES string of the molecule is COCCNCCNC(=O)c1cccc(NC(=O)c2ccc(F)cc2)c1. The summed E-state index contributed by atoms with van der Waals surface area (Å²) >= 11 is 0. The van der Waals surface area contributed by atoms with Gasteiger partial charge in [-0.3, -0.25) is 9.59 Å². The van der Waals surface area contributed by atoms with E-state index in [0.717, 1.165) is 6.54 Å². The van der Waals surface area contributed by atoms with Crippen molar-refractivity contribution in [2.24, 2.45) is 0 Å². The van der Waals surface area contributed by atoms with Crippen LogP contribution in [0.3, 0.4) is 0 Å². The summed E-state index contributed by atoms with van der Waals surface area (Å²) in [4.78, 5) is 24.3. The lowest BCUT2D eigenvalue weighted by atomic mass is 10.1. The van der Waals surface area contributed by atoms with Gasteiger partial charge in [0.05, 0.1) is 6.61 Å². The second-order valence-electron chi connectivity index (χ2n) is 5.54. The first-order valence-corrected chi connectivity index (χ1v) is 8.25. The molecule has 0 saturated heterocycles. The van der Waals surface area contributed by atoms with Gasteiger partial charge < -0.3 is 20.7 Å². The molecule has 0 radical (unpaired) electrons. The fourth-order valence-electron chi connectivity index (χ4n) is 2.21. The Kier molecular flexibility index (Phi) is 7.73. The fraction of sp³-hybridized carbons (Fsp3) is 0.263. The topological polar surface area (TPSA) is 79.5 Å². The highest BCUT2D eigenvalue weighted by molar-refractivity contribution is 6.05. The lowest BCUT2D eigenvalue weighted by Crippen LogP contribution is -2.33. The van der Waals surface area contributed by atoms with Crippen LogP contribution in [0.5, 0.6) is 0 Å². The predicted molar refractivity (Wildman–Crippen MR) is 97.9 cm³/mol. The minimum absolute atomic E-state index is 0.226. The van der Waals surface area contributed by atoms with Crippen molar-refractivity contribution in [3.05, 3.63) is 65.5 Å². The van der Waals surface area contributed by atoms with Gasteiger partial charge in [-0.1, -0.05) is 6.07 Å². The Hall–Kier alpha value is -2.77. The third kappa shape index (κ3) is 6.27. The Morgan fingerprint density at radius 1 is 0.962 bits per heavy atom. The number of benzene rings is 2. The molecule has 2 aromatic rings. The minimum atomic E-state index is -0.406. The molecular weight excluding hydrogens is 337 g/mol. The summed E-state index contributed by atoms with van der Waals surface area (Å²) in [6.45, 7) is 2.45. The summed E-state index contributed by atoms with van der Waals surface area (Å²) in [5.74, 6) is -1.00. The number of nitrogens with one attached hydrogen (secondary N) is 3. The highest BCUT2D eigenvalue weighted by Crippen LogP contribution is 2.13. The van der Waals surface area contributed by atoms with E-state index in [1.807, 2.05) is 0 Å². The zero-order valence-corrected chi connectivity index (χ0v) is 14.5. The third-order valence-corrected chi connectivity index (χ3v) is 3.56. The number of carbonyl (C=O) groups excluding carboxylic acids is 2. The molecule has 3 N–H and O–H groups in total. The van der Waals surface area contributed by atoms with E-state index in [2.05, 4.69) is 16.0 Å². The Bertz CT molecular complexity index is 735. The molecule has 0 saturated carbocycles. The van der Waals surface area contributed by atoms with Crippen molar-refractivity contribution in [1.29, 1.82) is 0 Å². The van der Waals surface area contributed by atoms with Crippen LogP contribution in [0.15, 0.2) is 48.5 Å². The van der Waals surface area contributed by atoms with Crippen LogP contribution in [0.4, 0.5) is 10.1 Å². The van der Waals surface area contributed by atoms with Crippen molar-refractivity contribution in [2.75, 3.05) is 38.7 Å². The van der Waals surface area contributed by atoms with Gasteiger partial charge >= 0.3 is 0 Å². The van der Waals surface area contributed by atoms with Gasteiger partial charge in [0.15, 0.2) is 0 Å². The summed E-state index contributed by atoms with van der Waals surface area (Å²) in [7, 11) is 1.63. The van der Waals surface area contributed by atoms with E-state index >= 15 is 0 Å². The van der Waals surface area contributed by atoms with Crippen LogP contribution in [0, 0.1) is 5.82 Å². The van der Waals surface area contributed by atoms with Crippen LogP contribution in [0.1, 0.15) is 20.7 Å². The van der Waals surface area contributed by atoms with Gasteiger partial charge in [0, 0.05) is 43.6 Å². The quantitative estimate of drug-likeness (QED) is 0.599. The zero-order chi connectivity index (χ0) is 18.8. The molecule has 2 aromatic carbocycles. The number of hydrogen-bond acceptors (Lipinski definition) is 4. The highest BCUT2D eigenvalue weighted by atomic mass is 19.1. The van der Waals surface area contributed by atoms with Crippen molar-refractivity contribution in [3.8, 4) is 0 Å². The van der Waals surface area contributed by atoms with Gasteiger partial charge in [-0.25, -0.2) is 4.39 Å². The average Bonchev–Trinajstić information content (AvgIpc) is 2.65. The highest BCUT2D eigenvalue weighted by Gasteiger charge is 2.09. The maximum absolute atomic E-state index is 12.9. The monoisotopic (exact) mass is 359 g/mol. The average molecular weight is 359 g/mol. The molecule has 0 spiro atoms. The van der Waals surface area contributed by atoms with Crippen LogP contribution in [-0.4, -0.2) is 45.2 Å². The predicted octanol–water partition coefficient (Wildman–Crippen LogP) is 2.04. The molecule has 2 rings (SSSR count). The van der Waals surface area contributed by atoms with E-state index in [1.165, 1.54) is 24.3 Å². The van der Waals surface area contributed by atoms with Gasteiger partial charge in [-0.05, 0) is 42.5 Å². The zero-order valence-electron chi connectivity index (χ0n) is 14.5. The van der Waals surface area contributed by atoms with Crippen LogP contribution >= 0.6 is 0 Å². The summed E-state index contributed by atoms with van der Waals surface area (Å²) in [6, 6.07) is 11.9. The van der Waals surface area contributed by atoms with E-state index < -0.39 is 5.82 Å². The van der Waals surface area contributed by atoms with E-state index in [0.29, 0.717) is 36.5 Å². The third-order valence-electron chi connectivity index (χ3n) is 3.56. The van der Waals surface area contributed by atoms with E-state index in [9.17, 15) is 14.0 Å². The first-order chi connectivity index (χ1) is 12.6. The maximum atomic E-state index is 12.9. The molecule has 7 heteroatoms. The maximum Gasteiger partial charge on any atom is 0.255 e. The van der Waals surface area contributed by atoms with Crippen molar-refractivity contribution < 1.29 is 18.7 Å². The lowest BCUT2D eigenvalue weighted by Gasteiger charge is -2.09. The van der Waals surface area contributed by atoms with E-state index in [-0.39, 0.29) is 11.8 Å². The summed E-state index contributed by atoms with van der Waals surface area (Å²) in [6.07, 6.45) is 0. The lowest BCUT2D eigenvalue weighted by molar-refractivity contribution is 0.0952. The van der Waals surface area contributed by atoms with Gasteiger partial charge in [0.25, 0.3) is 11.8 Å². The van der Waals surface area contributed by atoms with Crippen molar-refractivity contribution in [2.45, 2.75) is 0 Å². The van der Waals surface area contributed by atoms with Crippen LogP contribution in [0.2, 0.25) is 0 Å². The molecule has 0 aliphatic rings. The van der Waals surface area contributed by atoms with Crippen LogP contribution in [-0.2, 0) is 4.74 Å². The Morgan fingerprint density at radius 3 is 2.46 bits per heavy atom. The molecule has 0 unspecified atom stereocenters. The fourth-order valence-corrected chi connectivity index (χ4v) is 2.21. The summed E-state index contributed by atoms with van der Waals surface area (Å²) < 4.78 is 17.8. The van der Waals surface area contributed by atoms with Gasteiger partial charge in [-0.15, -0.1) is 0 Å². The number of methoxy groups -OCH3 is 1. The van der Waals surface area contributed by atoms with Crippen LogP contribution < -0.4 is 16.0 Å². The number of carbonyl (C=O) groups is 2. The van der Waals surface area contributed by atoms with Gasteiger partial charge in [0.1, 0.15) is 5.82 Å². The minimum Gasteiger partial charge on any atom is -0.383 e. The first-order valence-electron chi connectivity index (χ1n) is 8.25. The van der Waals surface area contributed by atoms with Crippen LogP contribution in [0.25, 0.3) is 0 Å². The molecular formula is C19H22FN3O3. The first kappa shape index (κ1) is 19.6. The summed E-state index contributed by atoms with van der Waals surface area (Å²) in [5.41, 5.74) is 1.27. The van der Waals surface area contributed by atoms with Crippen molar-refractivity contribution >= 4 is 17.5 Å². The van der Waals surface area contributed by atoms with E-state index in [4.69, 9.17) is 4.74 Å². The molecule has 0 aromatic heterocycles. The molecule has 0 fully saturated rings. The smallest absolute Gasteiger partial charge is 0.255 e. The molecule has 0 aliphatic heterocycles. The number of ether oxygens (including phenoxy) is 1. The molecule has 6 nitrogen and oxygen atoms in total. The Labute approximate surface area is 151 Å². The standard InChI is InChI=1S/C19H22FN3O3/c1-26-12-11-21-9-10-22-18(24)15-3-2-4-17(13-15)23-19(25)14-5-7-16(20)8-6-14/h2-8,13,21H,9-12H2,1H3,(H,22,24)(H,23,25). The number of anilines is 1.